The van der Waals surface area contributed by atoms with Crippen LogP contribution in [0.4, 0.5) is 8.78 Å². The number of ketones is 2. The first-order chi connectivity index (χ1) is 40.7. The van der Waals surface area contributed by atoms with E-state index in [4.69, 9.17) is 20.4 Å². The largest absolute Gasteiger partial charge is 0.477 e. The molecule has 446 valence electrons. The van der Waals surface area contributed by atoms with Crippen LogP contribution >= 0.6 is 0 Å². The van der Waals surface area contributed by atoms with Crippen LogP contribution in [0.15, 0.2) is 68.4 Å². The van der Waals surface area contributed by atoms with Gasteiger partial charge >= 0.3 is 17.9 Å². The molecular weight excluding hydrogens is 1130 g/mol. The third-order valence-electron chi connectivity index (χ3n) is 12.5. The Bertz CT molecular complexity index is 4170. The normalized spacial score (nSPS) is 10.6. The van der Waals surface area contributed by atoms with E-state index in [2.05, 4.69) is 75.3 Å². The molecular formula is C54H56F2N20O10. The lowest BCUT2D eigenvalue weighted by Gasteiger charge is -2.08. The second-order valence-corrected chi connectivity index (χ2v) is 18.4. The lowest BCUT2D eigenvalue weighted by atomic mass is 10.1. The molecule has 0 fully saturated rings. The van der Waals surface area contributed by atoms with Crippen molar-refractivity contribution in [2.24, 2.45) is 35.2 Å². The van der Waals surface area contributed by atoms with Crippen molar-refractivity contribution in [3.05, 3.63) is 148 Å². The number of aliphatic hydroxyl groups excluding tert-OH is 2. The maximum Gasteiger partial charge on any atom is 0.354 e. The maximum atomic E-state index is 13.9. The van der Waals surface area contributed by atoms with E-state index in [9.17, 15) is 37.9 Å². The molecule has 10 aromatic heterocycles. The minimum absolute atomic E-state index is 0.00685. The summed E-state index contributed by atoms with van der Waals surface area (Å²) in [5.41, 5.74) is 8.08. The van der Waals surface area contributed by atoms with E-state index in [-0.39, 0.29) is 62.5 Å². The second kappa shape index (κ2) is 27.8. The number of nitrogens with zero attached hydrogens (tertiary/aromatic N) is 20. The number of hydrogen-bond acceptors (Lipinski definition) is 22. The summed E-state index contributed by atoms with van der Waals surface area (Å²) < 4.78 is 34.2. The molecule has 0 saturated heterocycles. The lowest BCUT2D eigenvalue weighted by Crippen LogP contribution is -2.12. The SMILES string of the molecule is Cc1cc(-c2cnn(C)c2C(=O)CO)ncn1.Cc1cc(-c2cnn(C)c2C(=O)O)ncn1.Cc1nc(C)c(C)c(-c2cnn(C)c2C(=O)O)n1.Cc1ncnc(-c2cnn(C)c2C(=O)CO)c1F.Cc1ncnc(-c2cnn(C)c2C(=O)O)c1F. The van der Waals surface area contributed by atoms with Gasteiger partial charge in [-0.15, -0.1) is 0 Å². The molecule has 0 spiro atoms. The highest BCUT2D eigenvalue weighted by Crippen LogP contribution is 2.29. The summed E-state index contributed by atoms with van der Waals surface area (Å²) in [6, 6.07) is 3.49. The summed E-state index contributed by atoms with van der Waals surface area (Å²) in [4.78, 5) is 96.3. The molecule has 86 heavy (non-hydrogen) atoms. The zero-order valence-corrected chi connectivity index (χ0v) is 48.2. The monoisotopic (exact) mass is 1180 g/mol. The van der Waals surface area contributed by atoms with Gasteiger partial charge in [0.2, 0.25) is 11.6 Å². The summed E-state index contributed by atoms with van der Waals surface area (Å²) in [7, 11) is 7.85. The summed E-state index contributed by atoms with van der Waals surface area (Å²) in [6.45, 7) is 11.0. The van der Waals surface area contributed by atoms with E-state index in [0.29, 0.717) is 45.3 Å². The Kier molecular flexibility index (Phi) is 20.8. The quantitative estimate of drug-likeness (QED) is 0.107. The Morgan fingerprint density at radius 3 is 1.09 bits per heavy atom. The predicted molar refractivity (Wildman–Crippen MR) is 298 cm³/mol. The minimum atomic E-state index is -1.18. The van der Waals surface area contributed by atoms with Gasteiger partial charge in [-0.05, 0) is 66.2 Å². The van der Waals surface area contributed by atoms with E-state index >= 15 is 0 Å². The Morgan fingerprint density at radius 2 is 0.721 bits per heavy atom. The number of carboxylic acids is 3. The van der Waals surface area contributed by atoms with Gasteiger partial charge in [-0.25, -0.2) is 73.0 Å². The number of hydrogen-bond donors (Lipinski definition) is 5. The van der Waals surface area contributed by atoms with Crippen LogP contribution in [0, 0.1) is 60.1 Å². The van der Waals surface area contributed by atoms with Crippen LogP contribution in [0.5, 0.6) is 0 Å². The fraction of sp³-hybridized carbons (Fsp3) is 0.259. The van der Waals surface area contributed by atoms with Crippen LogP contribution in [0.2, 0.25) is 0 Å². The van der Waals surface area contributed by atoms with Crippen LogP contribution in [0.25, 0.3) is 56.3 Å². The van der Waals surface area contributed by atoms with Crippen LogP contribution in [-0.4, -0.2) is 167 Å². The number of aliphatic hydroxyl groups is 2. The number of aromatic carboxylic acids is 3. The third kappa shape index (κ3) is 14.4. The van der Waals surface area contributed by atoms with Crippen LogP contribution in [-0.2, 0) is 35.2 Å². The van der Waals surface area contributed by atoms with Crippen LogP contribution < -0.4 is 0 Å². The maximum absolute atomic E-state index is 13.9. The smallest absolute Gasteiger partial charge is 0.354 e. The highest BCUT2D eigenvalue weighted by Gasteiger charge is 2.25. The van der Waals surface area contributed by atoms with Gasteiger partial charge < -0.3 is 25.5 Å². The Balaban J connectivity index is 0.000000172. The Labute approximate surface area is 486 Å². The fourth-order valence-corrected chi connectivity index (χ4v) is 8.18. The lowest BCUT2D eigenvalue weighted by molar-refractivity contribution is 0.0675. The van der Waals surface area contributed by atoms with E-state index < -0.39 is 48.5 Å². The number of halogens is 2. The molecule has 30 nitrogen and oxygen atoms in total. The highest BCUT2D eigenvalue weighted by molar-refractivity contribution is 6.02. The van der Waals surface area contributed by atoms with E-state index in [0.717, 1.165) is 27.3 Å². The summed E-state index contributed by atoms with van der Waals surface area (Å²) >= 11 is 0. The molecule has 32 heteroatoms. The van der Waals surface area contributed by atoms with Gasteiger partial charge in [0.15, 0.2) is 28.7 Å². The summed E-state index contributed by atoms with van der Waals surface area (Å²) in [6.07, 6.45) is 12.4. The van der Waals surface area contributed by atoms with Crippen molar-refractivity contribution in [1.29, 1.82) is 0 Å². The van der Waals surface area contributed by atoms with Crippen molar-refractivity contribution in [3.8, 4) is 56.3 Å². The number of carbonyl (C=O) groups is 5. The Morgan fingerprint density at radius 1 is 0.407 bits per heavy atom. The topological polar surface area (TPSA) is 404 Å². The van der Waals surface area contributed by atoms with Gasteiger partial charge in [-0.2, -0.15) is 25.5 Å². The zero-order valence-electron chi connectivity index (χ0n) is 48.2. The van der Waals surface area contributed by atoms with Gasteiger partial charge in [-0.3, -0.25) is 33.0 Å². The first kappa shape index (κ1) is 64.2. The first-order valence-corrected chi connectivity index (χ1v) is 25.2. The van der Waals surface area contributed by atoms with E-state index in [1.807, 2.05) is 27.7 Å². The van der Waals surface area contributed by atoms with Crippen molar-refractivity contribution in [2.75, 3.05) is 13.2 Å². The van der Waals surface area contributed by atoms with Crippen molar-refractivity contribution < 1.29 is 58.3 Å². The second-order valence-electron chi connectivity index (χ2n) is 18.4. The molecule has 0 amide bonds. The molecule has 0 saturated carbocycles. The van der Waals surface area contributed by atoms with Crippen molar-refractivity contribution in [2.45, 2.75) is 48.5 Å². The standard InChI is InChI=1S/C12H14N4O2.C11H11FN4O2.C11H12N4O2.C10H9FN4O2.C10H10N4O2/c1-6-7(2)14-8(3)15-10(6)9-5-13-16(4)11(9)12(17)18;1-6-9(12)10(14-5-13-6)7-3-15-16(2)11(7)8(18)4-17;1-7-3-9(13-6-12-7)8-4-14-15(2)11(8)10(17)5-16;1-5-7(11)8(13-4-12-5)6-3-14-15(2)9(6)10(16)17;1-6-3-8(12-5-11-6)7-4-13-14(2)9(7)10(15)16/h5H,1-4H3,(H,17,18);3,5,17H,4H2,1-2H3;3-4,6,16H,5H2,1-2H3;3-4H,1-2H3,(H,16,17);3-5H,1-2H3,(H,15,16). The number of carbonyl (C=O) groups excluding carboxylic acids is 2. The van der Waals surface area contributed by atoms with Crippen LogP contribution in [0.3, 0.4) is 0 Å². The predicted octanol–water partition coefficient (Wildman–Crippen LogP) is 4.27. The first-order valence-electron chi connectivity index (χ1n) is 25.2. The summed E-state index contributed by atoms with van der Waals surface area (Å²) in [5, 5.41) is 64.8. The van der Waals surface area contributed by atoms with Gasteiger partial charge in [0, 0.05) is 57.9 Å². The molecule has 0 aliphatic rings. The molecule has 10 heterocycles. The average molecular weight is 1180 g/mol. The molecule has 0 aliphatic carbocycles. The molecule has 0 aliphatic heterocycles. The third-order valence-corrected chi connectivity index (χ3v) is 12.5. The number of aryl methyl sites for hydroxylation is 11. The number of aromatic nitrogens is 20. The van der Waals surface area contributed by atoms with Crippen molar-refractivity contribution >= 4 is 29.5 Å². The highest BCUT2D eigenvalue weighted by atomic mass is 19.1. The van der Waals surface area contributed by atoms with Gasteiger partial charge in [-0.1, -0.05) is 0 Å². The van der Waals surface area contributed by atoms with Gasteiger partial charge in [0.05, 0.1) is 81.7 Å². The molecule has 0 bridgehead atoms. The minimum Gasteiger partial charge on any atom is -0.477 e. The van der Waals surface area contributed by atoms with Gasteiger partial charge in [0.1, 0.15) is 67.1 Å². The van der Waals surface area contributed by atoms with Gasteiger partial charge in [0.25, 0.3) is 0 Å². The zero-order chi connectivity index (χ0) is 63.4. The van der Waals surface area contributed by atoms with Crippen LogP contribution in [0.1, 0.15) is 92.3 Å². The molecule has 0 atom stereocenters. The fourth-order valence-electron chi connectivity index (χ4n) is 8.18. The summed E-state index contributed by atoms with van der Waals surface area (Å²) in [5.74, 6) is -4.76. The molecule has 10 rings (SSSR count). The molecule has 0 unspecified atom stereocenters. The van der Waals surface area contributed by atoms with Crippen molar-refractivity contribution in [1.82, 2.24) is 98.7 Å². The molecule has 5 N–H and O–H groups in total. The molecule has 0 radical (unpaired) electrons. The number of carboxylic acid groups (broad SMARTS) is 3. The number of rotatable bonds is 12. The molecule has 10 aromatic rings. The Hall–Kier alpha value is -11.0. The van der Waals surface area contributed by atoms with E-state index in [1.165, 1.54) is 89.7 Å². The van der Waals surface area contributed by atoms with E-state index in [1.54, 1.807) is 53.4 Å². The number of Topliss-reactive ketones (excluding diaryl/α,β-unsaturated/α-hetero) is 2. The average Bonchev–Trinajstić information content (AvgIpc) is 2.35. The molecule has 0 aromatic carbocycles. The van der Waals surface area contributed by atoms with Crippen molar-refractivity contribution in [3.63, 3.8) is 0 Å².